The molecule has 2 aliphatic heterocycles. The van der Waals surface area contributed by atoms with Crippen LogP contribution in [0.15, 0.2) is 36.5 Å². The van der Waals surface area contributed by atoms with Gasteiger partial charge in [-0.05, 0) is 69.3 Å². The van der Waals surface area contributed by atoms with Crippen LogP contribution in [-0.4, -0.2) is 59.0 Å². The van der Waals surface area contributed by atoms with Crippen LogP contribution in [0.2, 0.25) is 0 Å². The fourth-order valence-corrected chi connectivity index (χ4v) is 4.70. The number of carbonyl (C=O) groups excluding carboxylic acids is 3. The van der Waals surface area contributed by atoms with Crippen LogP contribution in [0.4, 0.5) is 0 Å². The van der Waals surface area contributed by atoms with E-state index in [4.69, 9.17) is 4.74 Å². The third kappa shape index (κ3) is 6.53. The van der Waals surface area contributed by atoms with E-state index < -0.39 is 30.2 Å². The molecule has 3 N–H and O–H groups in total. The monoisotopic (exact) mass is 507 g/mol. The smallest absolute Gasteiger partial charge is 0.325 e. The number of hydrazine groups is 1. The molecule has 0 aliphatic carbocycles. The molecular formula is C28H37N5O4. The zero-order valence-corrected chi connectivity index (χ0v) is 22.0. The summed E-state index contributed by atoms with van der Waals surface area (Å²) in [7, 11) is 0. The van der Waals surface area contributed by atoms with Gasteiger partial charge in [-0.2, -0.15) is 0 Å². The van der Waals surface area contributed by atoms with Gasteiger partial charge >= 0.3 is 5.97 Å². The molecule has 0 saturated carbocycles. The van der Waals surface area contributed by atoms with Crippen LogP contribution >= 0.6 is 0 Å². The van der Waals surface area contributed by atoms with Crippen LogP contribution in [0.3, 0.4) is 0 Å². The number of aromatic nitrogens is 1. The fraction of sp³-hybridized carbons (Fsp3) is 0.500. The Balaban J connectivity index is 1.61. The Hall–Kier alpha value is -3.30. The minimum absolute atomic E-state index is 0.0457. The van der Waals surface area contributed by atoms with E-state index in [2.05, 4.69) is 33.2 Å². The minimum Gasteiger partial charge on any atom is -0.457 e. The summed E-state index contributed by atoms with van der Waals surface area (Å²) in [6, 6.07) is 6.23. The lowest BCUT2D eigenvalue weighted by atomic mass is 10.0. The zero-order chi connectivity index (χ0) is 26.5. The first kappa shape index (κ1) is 26.8. The molecule has 1 fully saturated rings. The van der Waals surface area contributed by atoms with E-state index in [1.54, 1.807) is 13.1 Å². The van der Waals surface area contributed by atoms with Gasteiger partial charge in [-0.25, -0.2) is 5.43 Å². The number of rotatable bonds is 1. The van der Waals surface area contributed by atoms with Gasteiger partial charge in [0.05, 0.1) is 11.6 Å². The quantitative estimate of drug-likeness (QED) is 0.509. The number of ether oxygens (including phenoxy) is 1. The molecule has 37 heavy (non-hydrogen) atoms. The number of amides is 2. The average molecular weight is 508 g/mol. The molecule has 2 amide bonds. The van der Waals surface area contributed by atoms with E-state index >= 15 is 0 Å². The number of benzene rings is 1. The van der Waals surface area contributed by atoms with E-state index in [0.717, 1.165) is 28.5 Å². The number of esters is 1. The molecule has 5 bridgehead atoms. The number of nitrogens with one attached hydrogen (secondary N) is 3. The largest absolute Gasteiger partial charge is 0.457 e. The van der Waals surface area contributed by atoms with Gasteiger partial charge in [0.2, 0.25) is 5.91 Å². The molecule has 1 aromatic carbocycles. The van der Waals surface area contributed by atoms with Crippen LogP contribution in [-0.2, 0) is 19.1 Å². The lowest BCUT2D eigenvalue weighted by molar-refractivity contribution is -0.157. The molecule has 9 nitrogen and oxygen atoms in total. The number of fused-ring (bicyclic) bond motifs is 4. The molecule has 9 heteroatoms. The van der Waals surface area contributed by atoms with Gasteiger partial charge in [0.25, 0.3) is 5.91 Å². The van der Waals surface area contributed by atoms with Gasteiger partial charge in [-0.3, -0.25) is 24.4 Å². The van der Waals surface area contributed by atoms with Gasteiger partial charge < -0.3 is 15.4 Å². The van der Waals surface area contributed by atoms with Crippen LogP contribution in [0.5, 0.6) is 0 Å². The highest BCUT2D eigenvalue weighted by molar-refractivity contribution is 5.90. The van der Waals surface area contributed by atoms with Crippen molar-refractivity contribution < 1.29 is 19.1 Å². The maximum absolute atomic E-state index is 13.1. The highest BCUT2D eigenvalue weighted by atomic mass is 16.5. The Morgan fingerprint density at radius 1 is 1.14 bits per heavy atom. The van der Waals surface area contributed by atoms with Crippen molar-refractivity contribution in [2.45, 2.75) is 71.2 Å². The van der Waals surface area contributed by atoms with Crippen molar-refractivity contribution >= 4 is 34.8 Å². The molecule has 3 heterocycles. The predicted molar refractivity (Wildman–Crippen MR) is 142 cm³/mol. The third-order valence-corrected chi connectivity index (χ3v) is 6.89. The highest BCUT2D eigenvalue weighted by Crippen LogP contribution is 2.23. The summed E-state index contributed by atoms with van der Waals surface area (Å²) in [5.41, 5.74) is 5.72. The Morgan fingerprint density at radius 2 is 1.95 bits per heavy atom. The Labute approximate surface area is 218 Å². The summed E-state index contributed by atoms with van der Waals surface area (Å²) in [4.78, 5) is 43.6. The first-order valence-electron chi connectivity index (χ1n) is 13.1. The van der Waals surface area contributed by atoms with Crippen molar-refractivity contribution in [1.82, 2.24) is 26.1 Å². The number of nitrogens with zero attached hydrogens (tertiary/aromatic N) is 2. The topological polar surface area (TPSA) is 113 Å². The average Bonchev–Trinajstić information content (AvgIpc) is 2.88. The van der Waals surface area contributed by atoms with Crippen molar-refractivity contribution in [3.05, 3.63) is 47.7 Å². The number of hydrogen-bond donors (Lipinski definition) is 3. The van der Waals surface area contributed by atoms with Gasteiger partial charge in [0.1, 0.15) is 18.2 Å². The molecule has 1 saturated heterocycles. The van der Waals surface area contributed by atoms with E-state index in [9.17, 15) is 14.4 Å². The minimum atomic E-state index is -0.741. The predicted octanol–water partition coefficient (Wildman–Crippen LogP) is 2.87. The van der Waals surface area contributed by atoms with Crippen LogP contribution in [0.25, 0.3) is 17.0 Å². The van der Waals surface area contributed by atoms with Gasteiger partial charge in [-0.15, -0.1) is 0 Å². The van der Waals surface area contributed by atoms with Crippen LogP contribution in [0.1, 0.15) is 64.2 Å². The second-order valence-electron chi connectivity index (χ2n) is 10.2. The lowest BCUT2D eigenvalue weighted by Gasteiger charge is -2.35. The molecule has 1 aromatic heterocycles. The molecule has 198 valence electrons. The van der Waals surface area contributed by atoms with Crippen LogP contribution < -0.4 is 16.1 Å². The third-order valence-electron chi connectivity index (χ3n) is 6.89. The van der Waals surface area contributed by atoms with E-state index in [1.165, 1.54) is 5.01 Å². The Bertz CT molecular complexity index is 1180. The normalized spacial score (nSPS) is 27.2. The Morgan fingerprint density at radius 3 is 2.73 bits per heavy atom. The van der Waals surface area contributed by atoms with Gasteiger partial charge in [-0.1, -0.05) is 32.1 Å². The molecule has 4 rings (SSSR count). The highest BCUT2D eigenvalue weighted by Gasteiger charge is 2.33. The summed E-state index contributed by atoms with van der Waals surface area (Å²) in [5, 5.41) is 8.56. The first-order chi connectivity index (χ1) is 17.7. The number of cyclic esters (lactones) is 1. The first-order valence-corrected chi connectivity index (χ1v) is 13.1. The molecular weight excluding hydrogens is 470 g/mol. The number of hydrogen-bond acceptors (Lipinski definition) is 7. The lowest BCUT2D eigenvalue weighted by Crippen LogP contribution is -2.60. The second-order valence-corrected chi connectivity index (χ2v) is 10.2. The van der Waals surface area contributed by atoms with Crippen molar-refractivity contribution in [1.29, 1.82) is 0 Å². The number of carbonyl (C=O) groups is 3. The summed E-state index contributed by atoms with van der Waals surface area (Å²) in [6.07, 6.45) is 7.30. The maximum Gasteiger partial charge on any atom is 0.325 e. The molecule has 0 unspecified atom stereocenters. The molecule has 0 radical (unpaired) electrons. The SMILES string of the molecule is CC(C)[C@@H]1NCC/C=C/c2ccc3ncc(cc3c2)[C@@H](C)OC(=O)[C@@H]2CCCN(N2)C(=O)[C@H](C)NC1=O. The van der Waals surface area contributed by atoms with E-state index in [-0.39, 0.29) is 17.7 Å². The Kier molecular flexibility index (Phi) is 8.56. The summed E-state index contributed by atoms with van der Waals surface area (Å²) in [5.74, 6) is -0.883. The molecule has 2 aliphatic rings. The van der Waals surface area contributed by atoms with Gasteiger partial charge in [0.15, 0.2) is 0 Å². The van der Waals surface area contributed by atoms with Crippen molar-refractivity contribution in [2.24, 2.45) is 5.92 Å². The number of pyridine rings is 1. The van der Waals surface area contributed by atoms with E-state index in [0.29, 0.717) is 25.9 Å². The van der Waals surface area contributed by atoms with Crippen molar-refractivity contribution in [3.63, 3.8) is 0 Å². The zero-order valence-electron chi connectivity index (χ0n) is 22.0. The van der Waals surface area contributed by atoms with Crippen LogP contribution in [0, 0.1) is 5.92 Å². The van der Waals surface area contributed by atoms with Gasteiger partial charge in [0, 0.05) is 23.7 Å². The molecule has 0 spiro atoms. The summed E-state index contributed by atoms with van der Waals surface area (Å²) < 4.78 is 5.77. The standard InChI is InChI=1S/C28H37N5O4/c1-17(2)25-26(34)31-18(3)27(35)33-13-7-9-24(32-33)28(36)37-19(4)22-15-21-14-20(8-5-6-12-29-25)10-11-23(21)30-16-22/h5,8,10-11,14-19,24-25,29,32H,6-7,9,12-13H2,1-4H3,(H,31,34)/b8-5+/t18-,19+,24-,25-/m0/s1. The van der Waals surface area contributed by atoms with Crippen molar-refractivity contribution in [2.75, 3.05) is 13.1 Å². The molecule has 4 atom stereocenters. The van der Waals surface area contributed by atoms with E-state index in [1.807, 2.05) is 45.0 Å². The maximum atomic E-state index is 13.1. The second kappa shape index (κ2) is 11.8. The summed E-state index contributed by atoms with van der Waals surface area (Å²) in [6.45, 7) is 8.51. The van der Waals surface area contributed by atoms with Crippen molar-refractivity contribution in [3.8, 4) is 0 Å². The molecule has 2 aromatic rings. The fourth-order valence-electron chi connectivity index (χ4n) is 4.70. The summed E-state index contributed by atoms with van der Waals surface area (Å²) >= 11 is 0.